The fraction of sp³-hybridized carbons (Fsp3) is 0.423. The maximum absolute atomic E-state index is 12.9. The molecule has 1 aromatic heterocycles. The van der Waals surface area contributed by atoms with Gasteiger partial charge in [-0.25, -0.2) is 4.98 Å². The predicted molar refractivity (Wildman–Crippen MR) is 128 cm³/mol. The third-order valence-electron chi connectivity index (χ3n) is 6.34. The molecule has 1 aliphatic carbocycles. The second kappa shape index (κ2) is 9.65. The van der Waals surface area contributed by atoms with E-state index in [4.69, 9.17) is 0 Å². The van der Waals surface area contributed by atoms with Crippen LogP contribution in [0.4, 0.5) is 0 Å². The molecule has 0 radical (unpaired) electrons. The van der Waals surface area contributed by atoms with Gasteiger partial charge in [0.2, 0.25) is 5.91 Å². The molecule has 0 bridgehead atoms. The summed E-state index contributed by atoms with van der Waals surface area (Å²) < 4.78 is 0. The summed E-state index contributed by atoms with van der Waals surface area (Å²) in [5, 5.41) is 3.72. The maximum Gasteiger partial charge on any atom is 0.258 e. The Labute approximate surface area is 189 Å². The summed E-state index contributed by atoms with van der Waals surface area (Å²) in [6, 6.07) is 14.0. The molecule has 1 amide bonds. The van der Waals surface area contributed by atoms with Crippen LogP contribution in [0.2, 0.25) is 0 Å². The van der Waals surface area contributed by atoms with Gasteiger partial charge in [0.05, 0.1) is 30.0 Å². The summed E-state index contributed by atoms with van der Waals surface area (Å²) in [7, 11) is 0. The van der Waals surface area contributed by atoms with Crippen molar-refractivity contribution in [2.24, 2.45) is 0 Å². The van der Waals surface area contributed by atoms with Crippen molar-refractivity contribution in [1.82, 2.24) is 20.2 Å². The molecule has 0 saturated carbocycles. The Kier molecular flexibility index (Phi) is 6.70. The highest BCUT2D eigenvalue weighted by Gasteiger charge is 2.19. The van der Waals surface area contributed by atoms with E-state index in [2.05, 4.69) is 33.5 Å². The molecule has 1 heterocycles. The lowest BCUT2D eigenvalue weighted by molar-refractivity contribution is -0.123. The Morgan fingerprint density at radius 1 is 1.09 bits per heavy atom. The number of rotatable bonds is 7. The second-order valence-corrected chi connectivity index (χ2v) is 9.05. The van der Waals surface area contributed by atoms with Crippen molar-refractivity contribution in [2.45, 2.75) is 65.1 Å². The van der Waals surface area contributed by atoms with Gasteiger partial charge in [-0.1, -0.05) is 30.3 Å². The molecule has 6 nitrogen and oxygen atoms in total. The van der Waals surface area contributed by atoms with Gasteiger partial charge in [0.1, 0.15) is 5.82 Å². The first-order chi connectivity index (χ1) is 15.4. The van der Waals surface area contributed by atoms with Crippen LogP contribution in [0, 0.1) is 0 Å². The van der Waals surface area contributed by atoms with Crippen LogP contribution < -0.4 is 10.9 Å². The van der Waals surface area contributed by atoms with Crippen molar-refractivity contribution in [3.05, 3.63) is 75.3 Å². The number of carbonyl (C=O) groups excluding carboxylic acids is 1. The number of nitrogens with zero attached hydrogens (tertiary/aromatic N) is 2. The van der Waals surface area contributed by atoms with Crippen molar-refractivity contribution >= 4 is 16.8 Å². The van der Waals surface area contributed by atoms with Crippen molar-refractivity contribution in [1.29, 1.82) is 0 Å². The van der Waals surface area contributed by atoms with Crippen LogP contribution in [0.25, 0.3) is 10.9 Å². The number of hydrogen-bond donors (Lipinski definition) is 2. The summed E-state index contributed by atoms with van der Waals surface area (Å²) >= 11 is 0. The summed E-state index contributed by atoms with van der Waals surface area (Å²) in [5.41, 5.74) is 4.53. The Hall–Kier alpha value is -2.99. The van der Waals surface area contributed by atoms with E-state index in [0.29, 0.717) is 23.3 Å². The summed E-state index contributed by atoms with van der Waals surface area (Å²) in [5.74, 6) is 0.532. The molecule has 3 aromatic rings. The number of aromatic amines is 1. The lowest BCUT2D eigenvalue weighted by Crippen LogP contribution is -2.41. The quantitative estimate of drug-likeness (QED) is 0.594. The Bertz CT molecular complexity index is 1170. The van der Waals surface area contributed by atoms with Crippen molar-refractivity contribution < 1.29 is 4.79 Å². The number of benzene rings is 2. The second-order valence-electron chi connectivity index (χ2n) is 9.05. The standard InChI is InChI=1S/C26H32N4O2/c1-17(2)30(15-24-28-23-11-7-6-10-22(23)26(32)29-24)16-25(31)27-18(3)20-13-12-19-8-4-5-9-21(19)14-20/h6-7,10-14,17-18H,4-5,8-9,15-16H2,1-3H3,(H,27,31)(H,28,29,32). The zero-order valence-corrected chi connectivity index (χ0v) is 19.1. The molecule has 2 N–H and O–H groups in total. The van der Waals surface area contributed by atoms with E-state index < -0.39 is 0 Å². The van der Waals surface area contributed by atoms with Crippen LogP contribution in [-0.4, -0.2) is 33.4 Å². The largest absolute Gasteiger partial charge is 0.348 e. The molecule has 0 fully saturated rings. The predicted octanol–water partition coefficient (Wildman–Crippen LogP) is 3.89. The highest BCUT2D eigenvalue weighted by atomic mass is 16.2. The Morgan fingerprint density at radius 2 is 1.84 bits per heavy atom. The van der Waals surface area contributed by atoms with Crippen molar-refractivity contribution in [3.63, 3.8) is 0 Å². The summed E-state index contributed by atoms with van der Waals surface area (Å²) in [4.78, 5) is 34.7. The van der Waals surface area contributed by atoms with E-state index in [0.717, 1.165) is 18.4 Å². The number of aromatic nitrogens is 2. The number of H-pyrrole nitrogens is 1. The van der Waals surface area contributed by atoms with Gasteiger partial charge in [-0.15, -0.1) is 0 Å². The Morgan fingerprint density at radius 3 is 2.62 bits per heavy atom. The molecule has 1 aliphatic rings. The van der Waals surface area contributed by atoms with Crippen LogP contribution in [-0.2, 0) is 24.2 Å². The monoisotopic (exact) mass is 432 g/mol. The molecule has 2 aromatic carbocycles. The van der Waals surface area contributed by atoms with E-state index in [1.165, 1.54) is 24.0 Å². The first kappa shape index (κ1) is 22.2. The zero-order valence-electron chi connectivity index (χ0n) is 19.1. The molecule has 4 rings (SSSR count). The number of fused-ring (bicyclic) bond motifs is 2. The first-order valence-electron chi connectivity index (χ1n) is 11.5. The van der Waals surface area contributed by atoms with E-state index in [1.807, 2.05) is 43.9 Å². The highest BCUT2D eigenvalue weighted by molar-refractivity contribution is 5.79. The van der Waals surface area contributed by atoms with Crippen LogP contribution in [0.1, 0.15) is 62.2 Å². The van der Waals surface area contributed by atoms with Crippen LogP contribution in [0.5, 0.6) is 0 Å². The van der Waals surface area contributed by atoms with Gasteiger partial charge in [0, 0.05) is 6.04 Å². The number of amides is 1. The lowest BCUT2D eigenvalue weighted by Gasteiger charge is -2.26. The number of hydrogen-bond acceptors (Lipinski definition) is 4. The number of nitrogens with one attached hydrogen (secondary N) is 2. The minimum Gasteiger partial charge on any atom is -0.348 e. The van der Waals surface area contributed by atoms with Gasteiger partial charge < -0.3 is 10.3 Å². The van der Waals surface area contributed by atoms with Crippen LogP contribution >= 0.6 is 0 Å². The lowest BCUT2D eigenvalue weighted by atomic mass is 9.89. The molecule has 1 atom stereocenters. The van der Waals surface area contributed by atoms with Gasteiger partial charge in [-0.05, 0) is 75.3 Å². The average Bonchev–Trinajstić information content (AvgIpc) is 2.78. The van der Waals surface area contributed by atoms with Gasteiger partial charge in [0.25, 0.3) is 5.56 Å². The van der Waals surface area contributed by atoms with Crippen molar-refractivity contribution in [3.8, 4) is 0 Å². The molecule has 0 aliphatic heterocycles. The molecule has 1 unspecified atom stereocenters. The van der Waals surface area contributed by atoms with E-state index in [9.17, 15) is 9.59 Å². The fourth-order valence-electron chi connectivity index (χ4n) is 4.40. The van der Waals surface area contributed by atoms with E-state index in [1.54, 1.807) is 6.07 Å². The Balaban J connectivity index is 1.43. The number of aryl methyl sites for hydroxylation is 2. The summed E-state index contributed by atoms with van der Waals surface area (Å²) in [6.45, 7) is 6.76. The van der Waals surface area contributed by atoms with Gasteiger partial charge in [0.15, 0.2) is 0 Å². The van der Waals surface area contributed by atoms with E-state index >= 15 is 0 Å². The molecule has 32 heavy (non-hydrogen) atoms. The number of para-hydroxylation sites is 1. The molecular weight excluding hydrogens is 400 g/mol. The number of carbonyl (C=O) groups is 1. The maximum atomic E-state index is 12.9. The minimum absolute atomic E-state index is 0.0351. The normalized spacial score (nSPS) is 14.5. The van der Waals surface area contributed by atoms with Crippen molar-refractivity contribution in [2.75, 3.05) is 6.54 Å². The highest BCUT2D eigenvalue weighted by Crippen LogP contribution is 2.24. The third-order valence-corrected chi connectivity index (χ3v) is 6.34. The summed E-state index contributed by atoms with van der Waals surface area (Å²) in [6.07, 6.45) is 4.79. The molecular formula is C26H32N4O2. The third kappa shape index (κ3) is 5.07. The van der Waals surface area contributed by atoms with Gasteiger partial charge >= 0.3 is 0 Å². The smallest absolute Gasteiger partial charge is 0.258 e. The molecule has 6 heteroatoms. The topological polar surface area (TPSA) is 78.1 Å². The van der Waals surface area contributed by atoms with Crippen LogP contribution in [0.15, 0.2) is 47.3 Å². The average molecular weight is 433 g/mol. The van der Waals surface area contributed by atoms with Crippen LogP contribution in [0.3, 0.4) is 0 Å². The SMILES string of the molecule is CC(NC(=O)CN(Cc1nc2ccccc2c(=O)[nH]1)C(C)C)c1ccc2c(c1)CCCC2. The molecule has 0 saturated heterocycles. The fourth-order valence-corrected chi connectivity index (χ4v) is 4.40. The molecule has 0 spiro atoms. The molecule has 168 valence electrons. The van der Waals surface area contributed by atoms with Gasteiger partial charge in [-0.3, -0.25) is 14.5 Å². The minimum atomic E-state index is -0.153. The van der Waals surface area contributed by atoms with E-state index in [-0.39, 0.29) is 30.1 Å². The van der Waals surface area contributed by atoms with Gasteiger partial charge in [-0.2, -0.15) is 0 Å². The first-order valence-corrected chi connectivity index (χ1v) is 11.5. The zero-order chi connectivity index (χ0) is 22.7.